The van der Waals surface area contributed by atoms with Crippen molar-refractivity contribution < 1.29 is 13.2 Å². The molecule has 0 aromatic carbocycles. The number of amides is 1. The average molecular weight is 304 g/mol. The Bertz CT molecular complexity index is 562. The number of thiophene rings is 1. The molecule has 0 bridgehead atoms. The molecule has 0 saturated heterocycles. The van der Waals surface area contributed by atoms with Crippen molar-refractivity contribution in [2.45, 2.75) is 32.1 Å². The summed E-state index contributed by atoms with van der Waals surface area (Å²) >= 11 is 1.16. The van der Waals surface area contributed by atoms with Crippen LogP contribution in [0.25, 0.3) is 0 Å². The van der Waals surface area contributed by atoms with Crippen molar-refractivity contribution in [3.8, 4) is 0 Å². The largest absolute Gasteiger partial charge is 0.341 e. The van der Waals surface area contributed by atoms with Crippen LogP contribution in [0.2, 0.25) is 0 Å². The highest BCUT2D eigenvalue weighted by atomic mass is 32.2. The molecule has 108 valence electrons. The Morgan fingerprint density at radius 2 is 2.05 bits per heavy atom. The Labute approximate surface area is 118 Å². The van der Waals surface area contributed by atoms with E-state index in [1.807, 2.05) is 0 Å². The molecular weight excluding hydrogens is 284 g/mol. The van der Waals surface area contributed by atoms with E-state index in [1.54, 1.807) is 18.9 Å². The quantitative estimate of drug-likeness (QED) is 0.901. The van der Waals surface area contributed by atoms with E-state index in [0.717, 1.165) is 17.8 Å². The van der Waals surface area contributed by atoms with Gasteiger partial charge in [0, 0.05) is 18.5 Å². The molecule has 19 heavy (non-hydrogen) atoms. The van der Waals surface area contributed by atoms with Gasteiger partial charge in [0.05, 0.1) is 9.77 Å². The Kier molecular flexibility index (Phi) is 5.11. The molecule has 0 saturated carbocycles. The summed E-state index contributed by atoms with van der Waals surface area (Å²) in [7, 11) is -2.04. The number of carbonyl (C=O) groups is 1. The maximum Gasteiger partial charge on any atom is 0.263 e. The normalized spacial score (nSPS) is 11.9. The zero-order valence-corrected chi connectivity index (χ0v) is 13.3. The SMILES string of the molecule is Cc1sc(C(=O)N(C)CCC(C)C)cc1S(N)(=O)=O. The van der Waals surface area contributed by atoms with Gasteiger partial charge in [-0.2, -0.15) is 0 Å². The van der Waals surface area contributed by atoms with Gasteiger partial charge < -0.3 is 4.90 Å². The number of hydrogen-bond acceptors (Lipinski definition) is 4. The molecule has 0 unspecified atom stereocenters. The van der Waals surface area contributed by atoms with E-state index in [4.69, 9.17) is 5.14 Å². The van der Waals surface area contributed by atoms with Crippen molar-refractivity contribution in [3.63, 3.8) is 0 Å². The van der Waals surface area contributed by atoms with Crippen molar-refractivity contribution >= 4 is 27.3 Å². The van der Waals surface area contributed by atoms with Gasteiger partial charge in [-0.1, -0.05) is 13.8 Å². The third kappa shape index (κ3) is 4.29. The van der Waals surface area contributed by atoms with Gasteiger partial charge in [-0.25, -0.2) is 13.6 Å². The van der Waals surface area contributed by atoms with Crippen molar-refractivity contribution in [2.75, 3.05) is 13.6 Å². The molecule has 1 aromatic heterocycles. The van der Waals surface area contributed by atoms with Crippen LogP contribution in [0.15, 0.2) is 11.0 Å². The van der Waals surface area contributed by atoms with E-state index in [1.165, 1.54) is 6.07 Å². The van der Waals surface area contributed by atoms with Gasteiger partial charge in [-0.3, -0.25) is 4.79 Å². The second-order valence-electron chi connectivity index (χ2n) is 4.99. The summed E-state index contributed by atoms with van der Waals surface area (Å²) in [5.41, 5.74) is 0. The fourth-order valence-corrected chi connectivity index (χ4v) is 3.73. The van der Waals surface area contributed by atoms with Crippen LogP contribution in [0.4, 0.5) is 0 Å². The average Bonchev–Trinajstić information content (AvgIpc) is 2.66. The number of aryl methyl sites for hydroxylation is 1. The minimum absolute atomic E-state index is 0.0399. The van der Waals surface area contributed by atoms with Crippen molar-refractivity contribution in [2.24, 2.45) is 11.1 Å². The van der Waals surface area contributed by atoms with Gasteiger partial charge in [-0.15, -0.1) is 11.3 Å². The minimum Gasteiger partial charge on any atom is -0.341 e. The monoisotopic (exact) mass is 304 g/mol. The van der Waals surface area contributed by atoms with Crippen molar-refractivity contribution in [1.29, 1.82) is 0 Å². The molecule has 0 atom stereocenters. The lowest BCUT2D eigenvalue weighted by Crippen LogP contribution is -2.27. The van der Waals surface area contributed by atoms with Gasteiger partial charge in [-0.05, 0) is 25.3 Å². The first-order chi connectivity index (χ1) is 8.62. The van der Waals surface area contributed by atoms with Crippen LogP contribution in [0.1, 0.15) is 34.8 Å². The minimum atomic E-state index is -3.76. The number of primary sulfonamides is 1. The van der Waals surface area contributed by atoms with Crippen molar-refractivity contribution in [3.05, 3.63) is 15.8 Å². The highest BCUT2D eigenvalue weighted by molar-refractivity contribution is 7.89. The summed E-state index contributed by atoms with van der Waals surface area (Å²) in [5, 5.41) is 5.10. The standard InChI is InChI=1S/C12H20N2O3S2/c1-8(2)5-6-14(4)12(15)10-7-11(9(3)18-10)19(13,16)17/h7-8H,5-6H2,1-4H3,(H2,13,16,17). The maximum absolute atomic E-state index is 12.2. The molecular formula is C12H20N2O3S2. The lowest BCUT2D eigenvalue weighted by molar-refractivity contribution is 0.0794. The third-order valence-electron chi connectivity index (χ3n) is 2.78. The van der Waals surface area contributed by atoms with Crippen LogP contribution in [0, 0.1) is 12.8 Å². The van der Waals surface area contributed by atoms with Crippen LogP contribution in [0.5, 0.6) is 0 Å². The number of nitrogens with zero attached hydrogens (tertiary/aromatic N) is 1. The molecule has 7 heteroatoms. The number of carbonyl (C=O) groups excluding carboxylic acids is 1. The Morgan fingerprint density at radius 3 is 2.47 bits per heavy atom. The summed E-state index contributed by atoms with van der Waals surface area (Å²) in [6, 6.07) is 1.36. The van der Waals surface area contributed by atoms with E-state index < -0.39 is 10.0 Å². The van der Waals surface area contributed by atoms with Gasteiger partial charge in [0.2, 0.25) is 10.0 Å². The fourth-order valence-electron chi connectivity index (χ4n) is 1.59. The van der Waals surface area contributed by atoms with Crippen LogP contribution < -0.4 is 5.14 Å². The highest BCUT2D eigenvalue weighted by Gasteiger charge is 2.21. The van der Waals surface area contributed by atoms with E-state index in [0.29, 0.717) is 22.2 Å². The summed E-state index contributed by atoms with van der Waals surface area (Å²) in [5.74, 6) is 0.351. The Balaban J connectivity index is 2.90. The second kappa shape index (κ2) is 6.02. The predicted octanol–water partition coefficient (Wildman–Crippen LogP) is 1.82. The summed E-state index contributed by atoms with van der Waals surface area (Å²) in [6.07, 6.45) is 0.911. The molecule has 0 fully saturated rings. The van der Waals surface area contributed by atoms with Gasteiger partial charge in [0.1, 0.15) is 0 Å². The summed E-state index contributed by atoms with van der Waals surface area (Å²) in [4.78, 5) is 14.8. The maximum atomic E-state index is 12.2. The molecule has 0 radical (unpaired) electrons. The molecule has 1 aromatic rings. The molecule has 0 aliphatic carbocycles. The first kappa shape index (κ1) is 16.1. The topological polar surface area (TPSA) is 80.5 Å². The third-order valence-corrected chi connectivity index (χ3v) is 4.98. The molecule has 2 N–H and O–H groups in total. The lowest BCUT2D eigenvalue weighted by atomic mass is 10.1. The number of nitrogens with two attached hydrogens (primary N) is 1. The van der Waals surface area contributed by atoms with E-state index in [2.05, 4.69) is 13.8 Å². The Hall–Kier alpha value is -0.920. The van der Waals surface area contributed by atoms with E-state index in [-0.39, 0.29) is 10.8 Å². The van der Waals surface area contributed by atoms with Crippen LogP contribution in [-0.4, -0.2) is 32.8 Å². The summed E-state index contributed by atoms with van der Waals surface area (Å²) in [6.45, 7) is 6.48. The molecule has 5 nitrogen and oxygen atoms in total. The molecule has 1 heterocycles. The summed E-state index contributed by atoms with van der Waals surface area (Å²) < 4.78 is 22.7. The predicted molar refractivity (Wildman–Crippen MR) is 76.8 cm³/mol. The van der Waals surface area contributed by atoms with Gasteiger partial charge >= 0.3 is 0 Å². The number of sulfonamides is 1. The lowest BCUT2D eigenvalue weighted by Gasteiger charge is -2.17. The van der Waals surface area contributed by atoms with Crippen LogP contribution in [0.3, 0.4) is 0 Å². The molecule has 0 aliphatic rings. The van der Waals surface area contributed by atoms with Gasteiger partial charge in [0.15, 0.2) is 0 Å². The smallest absolute Gasteiger partial charge is 0.263 e. The van der Waals surface area contributed by atoms with Crippen LogP contribution >= 0.6 is 11.3 Å². The fraction of sp³-hybridized carbons (Fsp3) is 0.583. The van der Waals surface area contributed by atoms with Gasteiger partial charge in [0.25, 0.3) is 5.91 Å². The highest BCUT2D eigenvalue weighted by Crippen LogP contribution is 2.25. The second-order valence-corrected chi connectivity index (χ2v) is 7.77. The first-order valence-corrected chi connectivity index (χ1v) is 8.38. The van der Waals surface area contributed by atoms with Crippen LogP contribution in [-0.2, 0) is 10.0 Å². The molecule has 1 rings (SSSR count). The molecule has 0 aliphatic heterocycles. The number of hydrogen-bond donors (Lipinski definition) is 1. The zero-order valence-electron chi connectivity index (χ0n) is 11.6. The molecule has 1 amide bonds. The molecule has 0 spiro atoms. The number of rotatable bonds is 5. The Morgan fingerprint density at radius 1 is 1.47 bits per heavy atom. The van der Waals surface area contributed by atoms with E-state index >= 15 is 0 Å². The first-order valence-electron chi connectivity index (χ1n) is 6.01. The van der Waals surface area contributed by atoms with Crippen molar-refractivity contribution in [1.82, 2.24) is 4.90 Å². The van der Waals surface area contributed by atoms with E-state index in [9.17, 15) is 13.2 Å². The zero-order chi connectivity index (χ0) is 14.8.